The smallest absolute Gasteiger partial charge is 0.465 e. The molecule has 2 heterocycles. The van der Waals surface area contributed by atoms with Crippen molar-refractivity contribution in [3.8, 4) is 11.5 Å². The van der Waals surface area contributed by atoms with Crippen LogP contribution in [0.4, 0.5) is 13.6 Å². The largest absolute Gasteiger partial charge is 0.586 e. The van der Waals surface area contributed by atoms with Crippen molar-refractivity contribution in [1.29, 1.82) is 0 Å². The Morgan fingerprint density at radius 1 is 1.48 bits per heavy atom. The average Bonchev–Trinajstić information content (AvgIpc) is 2.72. The molecular weight excluding hydrogens is 288 g/mol. The highest BCUT2D eigenvalue weighted by molar-refractivity contribution is 5.64. The molecule has 0 fully saturated rings. The molecule has 0 aliphatic carbocycles. The summed E-state index contributed by atoms with van der Waals surface area (Å²) in [7, 11) is 1.38. The van der Waals surface area contributed by atoms with E-state index in [4.69, 9.17) is 9.84 Å². The van der Waals surface area contributed by atoms with Crippen LogP contribution in [0.25, 0.3) is 0 Å². The monoisotopic (exact) mass is 301 g/mol. The molecule has 1 amide bonds. The maximum Gasteiger partial charge on any atom is 0.586 e. The normalized spacial score (nSPS) is 21.8. The molecule has 1 unspecified atom stereocenters. The number of fused-ring (bicyclic) bond motifs is 3. The zero-order valence-electron chi connectivity index (χ0n) is 11.1. The molecule has 0 saturated heterocycles. The molecular formula is C13H13F2NO5. The summed E-state index contributed by atoms with van der Waals surface area (Å²) in [6, 6.07) is 3.10. The summed E-state index contributed by atoms with van der Waals surface area (Å²) < 4.78 is 41.0. The maximum atomic E-state index is 13.2. The number of amides is 1. The molecule has 6 nitrogen and oxygen atoms in total. The number of halogens is 2. The summed E-state index contributed by atoms with van der Waals surface area (Å²) in [5.41, 5.74) is 1.23. The molecule has 1 aromatic rings. The minimum Gasteiger partial charge on any atom is -0.465 e. The van der Waals surface area contributed by atoms with Crippen LogP contribution in [0.2, 0.25) is 0 Å². The van der Waals surface area contributed by atoms with Crippen molar-refractivity contribution in [2.45, 2.75) is 18.8 Å². The number of ether oxygens (including phenoxy) is 3. The second kappa shape index (κ2) is 4.73. The molecule has 1 aromatic carbocycles. The van der Waals surface area contributed by atoms with Crippen molar-refractivity contribution in [2.75, 3.05) is 20.2 Å². The van der Waals surface area contributed by atoms with Crippen molar-refractivity contribution >= 4 is 6.09 Å². The molecule has 0 saturated carbocycles. The molecule has 2 aliphatic rings. The molecule has 114 valence electrons. The lowest BCUT2D eigenvalue weighted by Crippen LogP contribution is -2.33. The van der Waals surface area contributed by atoms with E-state index in [0.29, 0.717) is 18.6 Å². The van der Waals surface area contributed by atoms with E-state index in [9.17, 15) is 13.6 Å². The van der Waals surface area contributed by atoms with Crippen molar-refractivity contribution in [2.24, 2.45) is 0 Å². The third kappa shape index (κ3) is 2.46. The van der Waals surface area contributed by atoms with Gasteiger partial charge < -0.3 is 24.2 Å². The summed E-state index contributed by atoms with van der Waals surface area (Å²) in [6.45, 7) is 0.412. The number of carboxylic acid groups (broad SMARTS) is 1. The molecule has 21 heavy (non-hydrogen) atoms. The van der Waals surface area contributed by atoms with Crippen molar-refractivity contribution < 1.29 is 32.9 Å². The van der Waals surface area contributed by atoms with Crippen LogP contribution in [0.15, 0.2) is 12.1 Å². The standard InChI is InChI=1S/C13H13F2NO5/c1-16(12(17)18)6-9-10-7(4-5-19-9)2-3-8-11(10)21-13(14,15)20-8/h2-3,9H,4-6H2,1H3,(H,17,18). The Hall–Kier alpha value is -2.09. The maximum absolute atomic E-state index is 13.2. The van der Waals surface area contributed by atoms with Crippen molar-refractivity contribution in [3.63, 3.8) is 0 Å². The van der Waals surface area contributed by atoms with Gasteiger partial charge in [-0.25, -0.2) is 4.79 Å². The third-order valence-corrected chi connectivity index (χ3v) is 3.48. The van der Waals surface area contributed by atoms with Gasteiger partial charge in [0.05, 0.1) is 13.2 Å². The van der Waals surface area contributed by atoms with E-state index in [1.165, 1.54) is 13.1 Å². The van der Waals surface area contributed by atoms with Crippen LogP contribution in [0.5, 0.6) is 11.5 Å². The number of likely N-dealkylation sites (N-methyl/N-ethyl adjacent to an activating group) is 1. The first-order chi connectivity index (χ1) is 9.87. The Morgan fingerprint density at radius 2 is 2.24 bits per heavy atom. The number of carbonyl (C=O) groups is 1. The second-order valence-corrected chi connectivity index (χ2v) is 4.91. The molecule has 0 radical (unpaired) electrons. The number of benzene rings is 1. The zero-order chi connectivity index (χ0) is 15.2. The Morgan fingerprint density at radius 3 is 2.95 bits per heavy atom. The minimum atomic E-state index is -3.71. The third-order valence-electron chi connectivity index (χ3n) is 3.48. The van der Waals surface area contributed by atoms with E-state index < -0.39 is 18.5 Å². The topological polar surface area (TPSA) is 68.2 Å². The van der Waals surface area contributed by atoms with E-state index in [2.05, 4.69) is 9.47 Å². The first kappa shape index (κ1) is 13.9. The SMILES string of the molecule is CN(CC1OCCc2ccc3c(c21)OC(F)(F)O3)C(=O)O. The van der Waals surface area contributed by atoms with E-state index in [1.807, 2.05) is 0 Å². The van der Waals surface area contributed by atoms with Gasteiger partial charge in [-0.3, -0.25) is 0 Å². The van der Waals surface area contributed by atoms with E-state index >= 15 is 0 Å². The highest BCUT2D eigenvalue weighted by Gasteiger charge is 2.46. The number of alkyl halides is 2. The summed E-state index contributed by atoms with van der Waals surface area (Å²) in [6.07, 6.45) is -4.95. The van der Waals surface area contributed by atoms with Crippen molar-refractivity contribution in [3.05, 3.63) is 23.3 Å². The molecule has 1 N–H and O–H groups in total. The van der Waals surface area contributed by atoms with Gasteiger partial charge in [0.25, 0.3) is 0 Å². The number of rotatable bonds is 2. The van der Waals surface area contributed by atoms with Crippen LogP contribution >= 0.6 is 0 Å². The predicted molar refractivity (Wildman–Crippen MR) is 65.7 cm³/mol. The predicted octanol–water partition coefficient (Wildman–Crippen LogP) is 2.23. The van der Waals surface area contributed by atoms with Crippen molar-refractivity contribution in [1.82, 2.24) is 4.90 Å². The fourth-order valence-electron chi connectivity index (χ4n) is 2.51. The molecule has 0 spiro atoms. The molecule has 3 rings (SSSR count). The fraction of sp³-hybridized carbons (Fsp3) is 0.462. The van der Waals surface area contributed by atoms with Gasteiger partial charge in [-0.05, 0) is 18.1 Å². The Bertz CT molecular complexity index is 592. The Labute approximate surface area is 118 Å². The van der Waals surface area contributed by atoms with Gasteiger partial charge in [0.15, 0.2) is 11.5 Å². The average molecular weight is 301 g/mol. The first-order valence-corrected chi connectivity index (χ1v) is 6.34. The number of nitrogens with zero attached hydrogens (tertiary/aromatic N) is 1. The summed E-state index contributed by atoms with van der Waals surface area (Å²) in [4.78, 5) is 12.0. The number of hydrogen-bond donors (Lipinski definition) is 1. The summed E-state index contributed by atoms with van der Waals surface area (Å²) in [5, 5.41) is 8.93. The summed E-state index contributed by atoms with van der Waals surface area (Å²) >= 11 is 0. The van der Waals surface area contributed by atoms with Crippen LogP contribution in [0.1, 0.15) is 17.2 Å². The minimum absolute atomic E-state index is 0.0215. The lowest BCUT2D eigenvalue weighted by atomic mass is 9.95. The molecule has 0 bridgehead atoms. The second-order valence-electron chi connectivity index (χ2n) is 4.91. The number of hydrogen-bond acceptors (Lipinski definition) is 4. The van der Waals surface area contributed by atoms with Gasteiger partial charge in [0, 0.05) is 12.6 Å². The molecule has 8 heteroatoms. The van der Waals surface area contributed by atoms with E-state index in [0.717, 1.165) is 10.5 Å². The van der Waals surface area contributed by atoms with E-state index in [-0.39, 0.29) is 18.0 Å². The quantitative estimate of drug-likeness (QED) is 0.907. The van der Waals surface area contributed by atoms with Crippen LogP contribution in [-0.4, -0.2) is 42.6 Å². The van der Waals surface area contributed by atoms with Crippen LogP contribution in [0, 0.1) is 0 Å². The van der Waals surface area contributed by atoms with Crippen LogP contribution < -0.4 is 9.47 Å². The van der Waals surface area contributed by atoms with Gasteiger partial charge in [0.1, 0.15) is 6.10 Å². The lowest BCUT2D eigenvalue weighted by Gasteiger charge is -2.29. The van der Waals surface area contributed by atoms with Gasteiger partial charge in [0.2, 0.25) is 0 Å². The lowest BCUT2D eigenvalue weighted by molar-refractivity contribution is -0.287. The van der Waals surface area contributed by atoms with Gasteiger partial charge >= 0.3 is 12.4 Å². The highest BCUT2D eigenvalue weighted by atomic mass is 19.3. The van der Waals surface area contributed by atoms with Crippen LogP contribution in [-0.2, 0) is 11.2 Å². The van der Waals surface area contributed by atoms with Crippen LogP contribution in [0.3, 0.4) is 0 Å². The summed E-state index contributed by atoms with van der Waals surface area (Å²) in [5.74, 6) is -0.131. The molecule has 1 atom stereocenters. The first-order valence-electron chi connectivity index (χ1n) is 6.34. The van der Waals surface area contributed by atoms with Gasteiger partial charge in [-0.1, -0.05) is 6.07 Å². The Balaban J connectivity index is 1.97. The fourth-order valence-corrected chi connectivity index (χ4v) is 2.51. The van der Waals surface area contributed by atoms with Gasteiger partial charge in [-0.15, -0.1) is 8.78 Å². The molecule has 2 aliphatic heterocycles. The highest BCUT2D eigenvalue weighted by Crippen LogP contribution is 2.48. The zero-order valence-corrected chi connectivity index (χ0v) is 11.1. The van der Waals surface area contributed by atoms with E-state index in [1.54, 1.807) is 6.07 Å². The van der Waals surface area contributed by atoms with Gasteiger partial charge in [-0.2, -0.15) is 0 Å². The Kier molecular flexibility index (Phi) is 3.12. The molecule has 0 aromatic heterocycles.